The fourth-order valence-corrected chi connectivity index (χ4v) is 4.37. The van der Waals surface area contributed by atoms with Gasteiger partial charge in [-0.25, -0.2) is 9.67 Å². The van der Waals surface area contributed by atoms with E-state index in [4.69, 9.17) is 9.47 Å². The lowest BCUT2D eigenvalue weighted by molar-refractivity contribution is -0.134. The summed E-state index contributed by atoms with van der Waals surface area (Å²) < 4.78 is 12.9. The summed E-state index contributed by atoms with van der Waals surface area (Å²) in [6.45, 7) is 2.37. The maximum Gasteiger partial charge on any atom is 0.310 e. The Morgan fingerprint density at radius 1 is 0.925 bits per heavy atom. The van der Waals surface area contributed by atoms with E-state index in [1.165, 1.54) is 0 Å². The van der Waals surface area contributed by atoms with Gasteiger partial charge in [0.25, 0.3) is 5.56 Å². The van der Waals surface area contributed by atoms with Crippen molar-refractivity contribution < 1.29 is 14.3 Å². The minimum Gasteiger partial charge on any atom is -0.487 e. The number of hydrogen-bond donors (Lipinski definition) is 1. The second-order valence-electron chi connectivity index (χ2n) is 9.18. The summed E-state index contributed by atoms with van der Waals surface area (Å²) in [6.07, 6.45) is 0.260. The topological polar surface area (TPSA) is 125 Å². The standard InChI is InChI=1S/C30H24N6O4/c1-2-28(37)40-24-12-13-27-21(15-24)16-25(30(38)32-27)29-33-34-35-36(29)17-19-6-5-8-23(14-19)39-18-22-11-10-20-7-3-4-9-26(20)31-22/h3-16H,2,17-18H2,1H3,(H,32,38). The molecule has 0 fully saturated rings. The number of nitrogens with zero attached hydrogens (tertiary/aromatic N) is 5. The van der Waals surface area contributed by atoms with Gasteiger partial charge in [0.2, 0.25) is 0 Å². The second-order valence-corrected chi connectivity index (χ2v) is 9.18. The number of nitrogens with one attached hydrogen (secondary N) is 1. The van der Waals surface area contributed by atoms with E-state index in [0.717, 1.165) is 22.2 Å². The molecular weight excluding hydrogens is 508 g/mol. The number of tetrazole rings is 1. The number of pyridine rings is 2. The second kappa shape index (κ2) is 10.8. The van der Waals surface area contributed by atoms with Gasteiger partial charge in [-0.15, -0.1) is 5.10 Å². The smallest absolute Gasteiger partial charge is 0.310 e. The van der Waals surface area contributed by atoms with Gasteiger partial charge in [0, 0.05) is 22.7 Å². The van der Waals surface area contributed by atoms with Crippen LogP contribution >= 0.6 is 0 Å². The number of esters is 1. The van der Waals surface area contributed by atoms with E-state index in [-0.39, 0.29) is 17.9 Å². The summed E-state index contributed by atoms with van der Waals surface area (Å²) in [5.74, 6) is 1.05. The highest BCUT2D eigenvalue weighted by Gasteiger charge is 2.15. The summed E-state index contributed by atoms with van der Waals surface area (Å²) in [4.78, 5) is 32.1. The van der Waals surface area contributed by atoms with Gasteiger partial charge in [0.1, 0.15) is 18.1 Å². The molecule has 0 saturated heterocycles. The average molecular weight is 533 g/mol. The summed E-state index contributed by atoms with van der Waals surface area (Å²) in [5, 5.41) is 13.8. The van der Waals surface area contributed by atoms with Crippen LogP contribution in [0.15, 0.2) is 89.7 Å². The highest BCUT2D eigenvalue weighted by atomic mass is 16.5. The van der Waals surface area contributed by atoms with Crippen molar-refractivity contribution in [1.82, 2.24) is 30.2 Å². The van der Waals surface area contributed by atoms with E-state index in [0.29, 0.717) is 46.9 Å². The lowest BCUT2D eigenvalue weighted by atomic mass is 10.1. The van der Waals surface area contributed by atoms with Crippen molar-refractivity contribution in [2.45, 2.75) is 26.5 Å². The SMILES string of the molecule is CCC(=O)Oc1ccc2[nH]c(=O)c(-c3nnnn3Cc3cccc(OCc4ccc5ccccc5n4)c3)cc2c1. The molecule has 0 radical (unpaired) electrons. The Morgan fingerprint density at radius 3 is 2.73 bits per heavy atom. The number of H-pyrrole nitrogens is 1. The zero-order chi connectivity index (χ0) is 27.5. The van der Waals surface area contributed by atoms with E-state index in [1.54, 1.807) is 35.9 Å². The first-order valence-electron chi connectivity index (χ1n) is 12.8. The van der Waals surface area contributed by atoms with Crippen molar-refractivity contribution in [3.8, 4) is 22.9 Å². The van der Waals surface area contributed by atoms with Crippen molar-refractivity contribution in [2.75, 3.05) is 0 Å². The Bertz CT molecular complexity index is 1910. The van der Waals surface area contributed by atoms with Gasteiger partial charge >= 0.3 is 5.97 Å². The van der Waals surface area contributed by atoms with Gasteiger partial charge in [-0.05, 0) is 64.5 Å². The van der Waals surface area contributed by atoms with Crippen LogP contribution in [0.4, 0.5) is 0 Å². The highest BCUT2D eigenvalue weighted by molar-refractivity contribution is 5.84. The molecule has 0 saturated carbocycles. The molecule has 198 valence electrons. The third-order valence-electron chi connectivity index (χ3n) is 6.38. The zero-order valence-electron chi connectivity index (χ0n) is 21.6. The molecule has 3 heterocycles. The summed E-state index contributed by atoms with van der Waals surface area (Å²) in [5.41, 5.74) is 3.21. The number of aromatic amines is 1. The predicted octanol–water partition coefficient (Wildman–Crippen LogP) is 4.67. The molecule has 10 nitrogen and oxygen atoms in total. The summed E-state index contributed by atoms with van der Waals surface area (Å²) in [6, 6.07) is 26.3. The van der Waals surface area contributed by atoms with Gasteiger partial charge < -0.3 is 14.5 Å². The van der Waals surface area contributed by atoms with Crippen LogP contribution in [-0.2, 0) is 17.9 Å². The average Bonchev–Trinajstić information content (AvgIpc) is 3.43. The van der Waals surface area contributed by atoms with Crippen LogP contribution in [0.1, 0.15) is 24.6 Å². The lowest BCUT2D eigenvalue weighted by Gasteiger charge is -2.10. The number of rotatable bonds is 8. The lowest BCUT2D eigenvalue weighted by Crippen LogP contribution is -2.13. The number of para-hydroxylation sites is 1. The Balaban J connectivity index is 1.22. The van der Waals surface area contributed by atoms with Crippen molar-refractivity contribution in [2.24, 2.45) is 0 Å². The molecule has 0 amide bonds. The Labute approximate surface area is 228 Å². The van der Waals surface area contributed by atoms with Gasteiger partial charge in [-0.1, -0.05) is 43.3 Å². The fourth-order valence-electron chi connectivity index (χ4n) is 4.37. The minimum atomic E-state index is -0.340. The maximum atomic E-state index is 12.9. The monoisotopic (exact) mass is 532 g/mol. The molecule has 0 aliphatic rings. The number of carbonyl (C=O) groups excluding carboxylic acids is 1. The van der Waals surface area contributed by atoms with Gasteiger partial charge in [-0.3, -0.25) is 9.59 Å². The van der Waals surface area contributed by atoms with E-state index in [2.05, 4.69) is 25.5 Å². The van der Waals surface area contributed by atoms with E-state index < -0.39 is 0 Å². The first kappa shape index (κ1) is 24.9. The molecule has 1 N–H and O–H groups in total. The molecule has 0 spiro atoms. The number of fused-ring (bicyclic) bond motifs is 2. The molecule has 40 heavy (non-hydrogen) atoms. The third kappa shape index (κ3) is 5.28. The van der Waals surface area contributed by atoms with Gasteiger partial charge in [0.15, 0.2) is 5.82 Å². The van der Waals surface area contributed by atoms with Crippen molar-refractivity contribution in [1.29, 1.82) is 0 Å². The van der Waals surface area contributed by atoms with E-state index in [1.807, 2.05) is 60.7 Å². The zero-order valence-corrected chi connectivity index (χ0v) is 21.6. The predicted molar refractivity (Wildman–Crippen MR) is 149 cm³/mol. The van der Waals surface area contributed by atoms with Crippen LogP contribution in [0.2, 0.25) is 0 Å². The first-order valence-corrected chi connectivity index (χ1v) is 12.8. The molecule has 3 aromatic carbocycles. The minimum absolute atomic E-state index is 0.260. The number of aromatic nitrogens is 6. The van der Waals surface area contributed by atoms with E-state index in [9.17, 15) is 9.59 Å². The van der Waals surface area contributed by atoms with Crippen LogP contribution in [-0.4, -0.2) is 36.1 Å². The number of benzene rings is 3. The molecule has 0 unspecified atom stereocenters. The van der Waals surface area contributed by atoms with Gasteiger partial charge in [-0.2, -0.15) is 0 Å². The molecule has 0 bridgehead atoms. The Kier molecular flexibility index (Phi) is 6.72. The molecule has 6 aromatic rings. The third-order valence-corrected chi connectivity index (χ3v) is 6.38. The quantitative estimate of drug-likeness (QED) is 0.221. The molecule has 0 atom stereocenters. The molecule has 3 aromatic heterocycles. The van der Waals surface area contributed by atoms with Crippen LogP contribution in [0.3, 0.4) is 0 Å². The van der Waals surface area contributed by atoms with E-state index >= 15 is 0 Å². The van der Waals surface area contributed by atoms with Crippen LogP contribution < -0.4 is 15.0 Å². The van der Waals surface area contributed by atoms with Crippen molar-refractivity contribution >= 4 is 27.8 Å². The number of carbonyl (C=O) groups is 1. The van der Waals surface area contributed by atoms with Crippen LogP contribution in [0, 0.1) is 0 Å². The van der Waals surface area contributed by atoms with Crippen LogP contribution in [0.25, 0.3) is 33.2 Å². The van der Waals surface area contributed by atoms with Gasteiger partial charge in [0.05, 0.1) is 23.3 Å². The summed E-state index contributed by atoms with van der Waals surface area (Å²) in [7, 11) is 0. The molecule has 0 aliphatic heterocycles. The summed E-state index contributed by atoms with van der Waals surface area (Å²) >= 11 is 0. The molecule has 10 heteroatoms. The highest BCUT2D eigenvalue weighted by Crippen LogP contribution is 2.23. The van der Waals surface area contributed by atoms with Crippen molar-refractivity contribution in [3.63, 3.8) is 0 Å². The van der Waals surface area contributed by atoms with Crippen molar-refractivity contribution in [3.05, 3.63) is 107 Å². The van der Waals surface area contributed by atoms with Crippen LogP contribution in [0.5, 0.6) is 11.5 Å². The molecule has 0 aliphatic carbocycles. The molecular formula is C30H24N6O4. The Morgan fingerprint density at radius 2 is 1.82 bits per heavy atom. The number of ether oxygens (including phenoxy) is 2. The normalized spacial score (nSPS) is 11.1. The number of hydrogen-bond acceptors (Lipinski definition) is 8. The maximum absolute atomic E-state index is 12.9. The Hall–Kier alpha value is -5.38. The fraction of sp³-hybridized carbons (Fsp3) is 0.133. The first-order chi connectivity index (χ1) is 19.6. The molecule has 6 rings (SSSR count). The largest absolute Gasteiger partial charge is 0.487 e.